The van der Waals surface area contributed by atoms with Crippen LogP contribution in [0.25, 0.3) is 11.4 Å². The van der Waals surface area contributed by atoms with Crippen LogP contribution >= 0.6 is 46.7 Å². The topological polar surface area (TPSA) is 143 Å². The second-order valence-corrected chi connectivity index (χ2v) is 19.1. The molecule has 0 fully saturated rings. The zero-order valence-electron chi connectivity index (χ0n) is 38.1. The molecular formula is C52H54Cl2FN9O2S2. The van der Waals surface area contributed by atoms with Crippen molar-refractivity contribution in [2.45, 2.75) is 93.6 Å². The van der Waals surface area contributed by atoms with Crippen LogP contribution in [-0.4, -0.2) is 47.9 Å². The SMILES string of the molecule is CC(C)CNC(=O)CCCCc1nnc(SCc2cccc(Cl)c2)n1-c1ccccc1.N#Cc1cccc(CSc2nnc(CCCCC(=O)NCc3ccc(F)cc3)n2-c2cccc(Cl)c2)c1. The Morgan fingerprint density at radius 3 is 1.76 bits per heavy atom. The molecule has 2 amide bonds. The van der Waals surface area contributed by atoms with Crippen molar-refractivity contribution in [3.8, 4) is 17.4 Å². The second kappa shape index (κ2) is 27.1. The summed E-state index contributed by atoms with van der Waals surface area (Å²) in [4.78, 5) is 24.2. The minimum Gasteiger partial charge on any atom is -0.356 e. The summed E-state index contributed by atoms with van der Waals surface area (Å²) in [5, 5.41) is 35.7. The molecule has 0 atom stereocenters. The van der Waals surface area contributed by atoms with Crippen molar-refractivity contribution < 1.29 is 14.0 Å². The number of benzene rings is 5. The summed E-state index contributed by atoms with van der Waals surface area (Å²) in [7, 11) is 0. The van der Waals surface area contributed by atoms with Gasteiger partial charge in [0.1, 0.15) is 17.5 Å². The standard InChI is InChI=1S/C28H25ClFN5OS.C24H29ClN4OS/c29-23-7-4-8-25(16-23)35-26(33-34-28(35)37-19-22-6-3-5-21(15-22)17-31)9-1-2-10-27(36)32-18-20-11-13-24(30)14-12-20;1-18(2)16-26-23(30)14-7-6-13-22-27-28-24(29(22)21-11-4-3-5-12-21)31-17-19-9-8-10-20(25)15-19/h3-8,11-16H,1-2,9-10,18-19H2,(H,32,36);3-5,8-12,15,18H,6-7,13-14,16-17H2,1-2H3,(H,26,30). The predicted octanol–water partition coefficient (Wildman–Crippen LogP) is 12.0. The van der Waals surface area contributed by atoms with E-state index in [1.54, 1.807) is 30.0 Å². The van der Waals surface area contributed by atoms with Crippen molar-refractivity contribution in [3.63, 3.8) is 0 Å². The van der Waals surface area contributed by atoms with E-state index >= 15 is 0 Å². The normalized spacial score (nSPS) is 10.9. The lowest BCUT2D eigenvalue weighted by Crippen LogP contribution is -2.26. The first kappa shape index (κ1) is 51.4. The van der Waals surface area contributed by atoms with Gasteiger partial charge in [-0.1, -0.05) is 121 Å². The van der Waals surface area contributed by atoms with Crippen LogP contribution in [-0.2, 0) is 40.5 Å². The fraction of sp³-hybridized carbons (Fsp3) is 0.288. The molecule has 0 spiro atoms. The number of rotatable bonds is 22. The third kappa shape index (κ3) is 16.7. The van der Waals surface area contributed by atoms with Crippen molar-refractivity contribution in [2.24, 2.45) is 5.92 Å². The van der Waals surface area contributed by atoms with Crippen LogP contribution in [0.15, 0.2) is 138 Å². The molecule has 0 unspecified atom stereocenters. The molecule has 2 N–H and O–H groups in total. The van der Waals surface area contributed by atoms with E-state index < -0.39 is 0 Å². The van der Waals surface area contributed by atoms with E-state index in [4.69, 9.17) is 28.5 Å². The Balaban J connectivity index is 0.000000228. The number of nitrogens with zero attached hydrogens (tertiary/aromatic N) is 7. The summed E-state index contributed by atoms with van der Waals surface area (Å²) >= 11 is 15.6. The van der Waals surface area contributed by atoms with E-state index in [9.17, 15) is 14.0 Å². The largest absolute Gasteiger partial charge is 0.356 e. The zero-order chi connectivity index (χ0) is 48.1. The Bertz CT molecular complexity index is 2740. The molecular weight excluding hydrogens is 937 g/mol. The van der Waals surface area contributed by atoms with Crippen molar-refractivity contribution in [3.05, 3.63) is 177 Å². The number of amides is 2. The first-order valence-electron chi connectivity index (χ1n) is 22.5. The second-order valence-electron chi connectivity index (χ2n) is 16.3. The molecule has 0 bridgehead atoms. The molecule has 7 rings (SSSR count). The lowest BCUT2D eigenvalue weighted by atomic mass is 10.1. The summed E-state index contributed by atoms with van der Waals surface area (Å²) in [5.41, 5.74) is 5.57. The molecule has 2 heterocycles. The molecule has 16 heteroatoms. The van der Waals surface area contributed by atoms with Crippen molar-refractivity contribution >= 4 is 58.5 Å². The first-order valence-corrected chi connectivity index (χ1v) is 25.2. The number of carbonyl (C=O) groups excluding carboxylic acids is 2. The molecule has 7 aromatic rings. The minimum atomic E-state index is -0.296. The summed E-state index contributed by atoms with van der Waals surface area (Å²) in [6.45, 7) is 5.30. The molecule has 5 aromatic carbocycles. The third-order valence-electron chi connectivity index (χ3n) is 10.4. The maximum absolute atomic E-state index is 13.0. The van der Waals surface area contributed by atoms with Gasteiger partial charge in [0.2, 0.25) is 11.8 Å². The molecule has 2 aromatic heterocycles. The molecule has 0 aliphatic heterocycles. The number of halogens is 3. The number of aromatic nitrogens is 6. The average Bonchev–Trinajstić information content (AvgIpc) is 3.96. The Morgan fingerprint density at radius 1 is 0.632 bits per heavy atom. The van der Waals surface area contributed by atoms with E-state index in [1.165, 1.54) is 23.9 Å². The zero-order valence-corrected chi connectivity index (χ0v) is 41.2. The predicted molar refractivity (Wildman–Crippen MR) is 271 cm³/mol. The highest BCUT2D eigenvalue weighted by Crippen LogP contribution is 2.29. The maximum Gasteiger partial charge on any atom is 0.220 e. The minimum absolute atomic E-state index is 0.0449. The van der Waals surface area contributed by atoms with Gasteiger partial charge in [0.15, 0.2) is 10.3 Å². The van der Waals surface area contributed by atoms with E-state index in [-0.39, 0.29) is 17.6 Å². The van der Waals surface area contributed by atoms with Crippen LogP contribution in [0.1, 0.15) is 86.3 Å². The Morgan fingerprint density at radius 2 is 1.18 bits per heavy atom. The Labute approximate surface area is 416 Å². The molecule has 68 heavy (non-hydrogen) atoms. The number of hydrogen-bond acceptors (Lipinski definition) is 9. The number of nitriles is 1. The molecule has 0 radical (unpaired) electrons. The number of thioether (sulfide) groups is 2. The van der Waals surface area contributed by atoms with Crippen LogP contribution in [0, 0.1) is 23.1 Å². The highest BCUT2D eigenvalue weighted by Gasteiger charge is 2.17. The molecule has 0 aliphatic rings. The van der Waals surface area contributed by atoms with Crippen molar-refractivity contribution in [2.75, 3.05) is 6.54 Å². The molecule has 0 aliphatic carbocycles. The number of nitrogens with one attached hydrogen (secondary N) is 2. The average molecular weight is 991 g/mol. The monoisotopic (exact) mass is 989 g/mol. The number of unbranched alkanes of at least 4 members (excludes halogenated alkanes) is 2. The van der Waals surface area contributed by atoms with Gasteiger partial charge < -0.3 is 10.6 Å². The third-order valence-corrected chi connectivity index (χ3v) is 12.9. The van der Waals surface area contributed by atoms with E-state index in [2.05, 4.69) is 73.7 Å². The number of hydrogen-bond donors (Lipinski definition) is 2. The van der Waals surface area contributed by atoms with Gasteiger partial charge in [-0.05, 0) is 115 Å². The summed E-state index contributed by atoms with van der Waals surface area (Å²) in [5.74, 6) is 3.37. The van der Waals surface area contributed by atoms with Crippen LogP contribution in [0.3, 0.4) is 0 Å². The summed E-state index contributed by atoms with van der Waals surface area (Å²) in [6.07, 6.45) is 5.53. The molecule has 0 saturated heterocycles. The fourth-order valence-corrected chi connectivity index (χ4v) is 9.14. The van der Waals surface area contributed by atoms with Gasteiger partial charge in [-0.25, -0.2) is 4.39 Å². The van der Waals surface area contributed by atoms with Crippen molar-refractivity contribution in [1.82, 2.24) is 40.2 Å². The molecule has 11 nitrogen and oxygen atoms in total. The highest BCUT2D eigenvalue weighted by atomic mass is 35.5. The van der Waals surface area contributed by atoms with Crippen LogP contribution in [0.5, 0.6) is 0 Å². The van der Waals surface area contributed by atoms with Gasteiger partial charge in [0.25, 0.3) is 0 Å². The molecule has 0 saturated carbocycles. The van der Waals surface area contributed by atoms with Gasteiger partial charge in [-0.15, -0.1) is 20.4 Å². The van der Waals surface area contributed by atoms with Gasteiger partial charge in [-0.3, -0.25) is 18.7 Å². The first-order chi connectivity index (χ1) is 33.0. The van der Waals surface area contributed by atoms with Gasteiger partial charge in [0.05, 0.1) is 17.3 Å². The number of aryl methyl sites for hydroxylation is 2. The summed E-state index contributed by atoms with van der Waals surface area (Å²) in [6, 6.07) is 41.3. The van der Waals surface area contributed by atoms with Gasteiger partial charge in [-0.2, -0.15) is 5.26 Å². The lowest BCUT2D eigenvalue weighted by molar-refractivity contribution is -0.122. The highest BCUT2D eigenvalue weighted by molar-refractivity contribution is 7.98. The lowest BCUT2D eigenvalue weighted by Gasteiger charge is -2.11. The van der Waals surface area contributed by atoms with Crippen LogP contribution < -0.4 is 10.6 Å². The molecule has 352 valence electrons. The smallest absolute Gasteiger partial charge is 0.220 e. The van der Waals surface area contributed by atoms with Gasteiger partial charge >= 0.3 is 0 Å². The van der Waals surface area contributed by atoms with Gasteiger partial charge in [0, 0.05) is 66.0 Å². The number of para-hydroxylation sites is 1. The maximum atomic E-state index is 13.0. The number of carbonyl (C=O) groups is 2. The van der Waals surface area contributed by atoms with Crippen molar-refractivity contribution in [1.29, 1.82) is 5.26 Å². The van der Waals surface area contributed by atoms with E-state index in [0.717, 1.165) is 93.0 Å². The van der Waals surface area contributed by atoms with Crippen LogP contribution in [0.4, 0.5) is 4.39 Å². The quantitative estimate of drug-likeness (QED) is 0.0501. The van der Waals surface area contributed by atoms with E-state index in [1.807, 2.05) is 83.4 Å². The summed E-state index contributed by atoms with van der Waals surface area (Å²) < 4.78 is 17.1. The fourth-order valence-electron chi connectivity index (χ4n) is 6.91. The Hall–Kier alpha value is -5.98. The Kier molecular flexibility index (Phi) is 20.5. The van der Waals surface area contributed by atoms with Crippen LogP contribution in [0.2, 0.25) is 10.0 Å². The van der Waals surface area contributed by atoms with E-state index in [0.29, 0.717) is 54.5 Å².